The van der Waals surface area contributed by atoms with Gasteiger partial charge in [0, 0.05) is 49.9 Å². The number of carbonyl (C=O) groups excluding carboxylic acids is 3. The first-order valence-corrected chi connectivity index (χ1v) is 11.0. The highest BCUT2D eigenvalue weighted by atomic mass is 35.5. The maximum absolute atomic E-state index is 12.8. The predicted molar refractivity (Wildman–Crippen MR) is 114 cm³/mol. The standard InChI is InChI=1S/C22H30ClN3O4/c1-30-14-2-11-24-21(28)19(25-20(27)16-3-4-16)15-9-12-26(13-10-15)22(29)17-5-7-18(23)8-6-17/h5-8,15-16,19H,2-4,9-14H2,1H3,(H,24,28)(H,25,27). The summed E-state index contributed by atoms with van der Waals surface area (Å²) < 4.78 is 5.02. The van der Waals surface area contributed by atoms with Crippen LogP contribution in [0.15, 0.2) is 24.3 Å². The number of ether oxygens (including phenoxy) is 1. The molecule has 2 fully saturated rings. The lowest BCUT2D eigenvalue weighted by Crippen LogP contribution is -2.54. The number of piperidine rings is 1. The highest BCUT2D eigenvalue weighted by Crippen LogP contribution is 2.30. The third kappa shape index (κ3) is 6.19. The van der Waals surface area contributed by atoms with E-state index in [1.54, 1.807) is 36.3 Å². The van der Waals surface area contributed by atoms with Gasteiger partial charge in [-0.1, -0.05) is 11.6 Å². The van der Waals surface area contributed by atoms with Crippen molar-refractivity contribution in [2.45, 2.75) is 38.1 Å². The van der Waals surface area contributed by atoms with E-state index in [9.17, 15) is 14.4 Å². The van der Waals surface area contributed by atoms with Crippen LogP contribution in [0.1, 0.15) is 42.5 Å². The molecule has 164 valence electrons. The molecule has 1 aromatic carbocycles. The normalized spacial score (nSPS) is 18.0. The monoisotopic (exact) mass is 435 g/mol. The van der Waals surface area contributed by atoms with Gasteiger partial charge in [0.1, 0.15) is 6.04 Å². The highest BCUT2D eigenvalue weighted by Gasteiger charge is 2.37. The van der Waals surface area contributed by atoms with Crippen LogP contribution in [0.4, 0.5) is 0 Å². The Bertz CT molecular complexity index is 743. The lowest BCUT2D eigenvalue weighted by atomic mass is 9.88. The van der Waals surface area contributed by atoms with Gasteiger partial charge >= 0.3 is 0 Å². The third-order valence-electron chi connectivity index (χ3n) is 5.74. The van der Waals surface area contributed by atoms with Crippen molar-refractivity contribution in [2.24, 2.45) is 11.8 Å². The third-order valence-corrected chi connectivity index (χ3v) is 5.99. The first kappa shape index (κ1) is 22.6. The number of hydrogen-bond donors (Lipinski definition) is 2. The maximum atomic E-state index is 12.8. The minimum atomic E-state index is -0.562. The van der Waals surface area contributed by atoms with Crippen molar-refractivity contribution >= 4 is 29.3 Å². The highest BCUT2D eigenvalue weighted by molar-refractivity contribution is 6.30. The summed E-state index contributed by atoms with van der Waals surface area (Å²) in [5.74, 6) is -0.174. The summed E-state index contributed by atoms with van der Waals surface area (Å²) in [7, 11) is 1.62. The Morgan fingerprint density at radius 3 is 2.40 bits per heavy atom. The summed E-state index contributed by atoms with van der Waals surface area (Å²) >= 11 is 5.90. The molecule has 2 N–H and O–H groups in total. The number of nitrogens with one attached hydrogen (secondary N) is 2. The van der Waals surface area contributed by atoms with E-state index >= 15 is 0 Å². The smallest absolute Gasteiger partial charge is 0.253 e. The zero-order valence-electron chi connectivity index (χ0n) is 17.4. The van der Waals surface area contributed by atoms with E-state index in [0.717, 1.165) is 19.3 Å². The zero-order chi connectivity index (χ0) is 21.5. The van der Waals surface area contributed by atoms with E-state index in [2.05, 4.69) is 10.6 Å². The molecular weight excluding hydrogens is 406 g/mol. The van der Waals surface area contributed by atoms with Gasteiger partial charge in [0.15, 0.2) is 0 Å². The number of methoxy groups -OCH3 is 1. The van der Waals surface area contributed by atoms with Gasteiger partial charge in [-0.3, -0.25) is 14.4 Å². The van der Waals surface area contributed by atoms with Crippen molar-refractivity contribution in [3.63, 3.8) is 0 Å². The van der Waals surface area contributed by atoms with Crippen LogP contribution < -0.4 is 10.6 Å². The molecule has 1 aliphatic carbocycles. The topological polar surface area (TPSA) is 87.7 Å². The molecule has 0 spiro atoms. The first-order chi connectivity index (χ1) is 14.5. The van der Waals surface area contributed by atoms with E-state index in [0.29, 0.717) is 49.7 Å². The Balaban J connectivity index is 1.57. The first-order valence-electron chi connectivity index (χ1n) is 10.6. The summed E-state index contributed by atoms with van der Waals surface area (Å²) in [6, 6.07) is 6.30. The Morgan fingerprint density at radius 2 is 1.80 bits per heavy atom. The van der Waals surface area contributed by atoms with Gasteiger partial charge in [-0.25, -0.2) is 0 Å². The van der Waals surface area contributed by atoms with Crippen LogP contribution in [0.2, 0.25) is 5.02 Å². The van der Waals surface area contributed by atoms with E-state index in [1.165, 1.54) is 0 Å². The van der Waals surface area contributed by atoms with Crippen LogP contribution in [0.5, 0.6) is 0 Å². The van der Waals surface area contributed by atoms with Gasteiger partial charge in [-0.2, -0.15) is 0 Å². The minimum absolute atomic E-state index is 0.00407. The average molecular weight is 436 g/mol. The summed E-state index contributed by atoms with van der Waals surface area (Å²) in [5.41, 5.74) is 0.604. The lowest BCUT2D eigenvalue weighted by Gasteiger charge is -2.36. The number of nitrogens with zero attached hydrogens (tertiary/aromatic N) is 1. The molecule has 1 atom stereocenters. The molecule has 0 aromatic heterocycles. The van der Waals surface area contributed by atoms with Crippen LogP contribution in [-0.4, -0.2) is 62.0 Å². The van der Waals surface area contributed by atoms with Crippen LogP contribution in [-0.2, 0) is 14.3 Å². The van der Waals surface area contributed by atoms with Crippen LogP contribution in [0, 0.1) is 11.8 Å². The second-order valence-corrected chi connectivity index (χ2v) is 8.47. The molecule has 1 aliphatic heterocycles. The number of carbonyl (C=O) groups is 3. The molecule has 3 rings (SSSR count). The molecule has 3 amide bonds. The quantitative estimate of drug-likeness (QED) is 0.582. The summed E-state index contributed by atoms with van der Waals surface area (Å²) in [4.78, 5) is 39.7. The molecule has 1 aromatic rings. The van der Waals surface area contributed by atoms with Crippen molar-refractivity contribution in [3.05, 3.63) is 34.9 Å². The number of rotatable bonds is 9. The number of likely N-dealkylation sites (tertiary alicyclic amines) is 1. The second kappa shape index (κ2) is 10.8. The van der Waals surface area contributed by atoms with Crippen molar-refractivity contribution in [3.8, 4) is 0 Å². The van der Waals surface area contributed by atoms with Gasteiger partial charge in [0.25, 0.3) is 5.91 Å². The minimum Gasteiger partial charge on any atom is -0.385 e. The van der Waals surface area contributed by atoms with Crippen molar-refractivity contribution < 1.29 is 19.1 Å². The van der Waals surface area contributed by atoms with E-state index in [1.807, 2.05) is 0 Å². The molecule has 1 heterocycles. The fraction of sp³-hybridized carbons (Fsp3) is 0.591. The summed E-state index contributed by atoms with van der Waals surface area (Å²) in [5, 5.41) is 6.48. The molecule has 2 aliphatic rings. The second-order valence-electron chi connectivity index (χ2n) is 8.03. The van der Waals surface area contributed by atoms with Gasteiger partial charge < -0.3 is 20.3 Å². The molecule has 1 unspecified atom stereocenters. The molecule has 1 saturated carbocycles. The van der Waals surface area contributed by atoms with Gasteiger partial charge in [0.05, 0.1) is 0 Å². The van der Waals surface area contributed by atoms with Crippen LogP contribution in [0.3, 0.4) is 0 Å². The SMILES string of the molecule is COCCCNC(=O)C(NC(=O)C1CC1)C1CCN(C(=O)c2ccc(Cl)cc2)CC1. The van der Waals surface area contributed by atoms with Crippen LogP contribution >= 0.6 is 11.6 Å². The Labute approximate surface area is 182 Å². The molecule has 8 heteroatoms. The fourth-order valence-electron chi connectivity index (χ4n) is 3.76. The van der Waals surface area contributed by atoms with Crippen molar-refractivity contribution in [2.75, 3.05) is 33.4 Å². The Hall–Kier alpha value is -2.12. The van der Waals surface area contributed by atoms with Gasteiger partial charge in [-0.15, -0.1) is 0 Å². The van der Waals surface area contributed by atoms with E-state index in [-0.39, 0.29) is 29.6 Å². The van der Waals surface area contributed by atoms with E-state index < -0.39 is 6.04 Å². The number of halogens is 1. The molecule has 30 heavy (non-hydrogen) atoms. The molecule has 0 radical (unpaired) electrons. The number of benzene rings is 1. The zero-order valence-corrected chi connectivity index (χ0v) is 18.1. The Kier molecular flexibility index (Phi) is 8.10. The molecule has 7 nitrogen and oxygen atoms in total. The molecule has 0 bridgehead atoms. The molecular formula is C22H30ClN3O4. The largest absolute Gasteiger partial charge is 0.385 e. The van der Waals surface area contributed by atoms with Crippen molar-refractivity contribution in [1.29, 1.82) is 0 Å². The fourth-order valence-corrected chi connectivity index (χ4v) is 3.89. The number of hydrogen-bond acceptors (Lipinski definition) is 4. The number of amides is 3. The summed E-state index contributed by atoms with van der Waals surface area (Å²) in [6.45, 7) is 2.19. The average Bonchev–Trinajstić information content (AvgIpc) is 3.60. The molecule has 1 saturated heterocycles. The Morgan fingerprint density at radius 1 is 1.13 bits per heavy atom. The maximum Gasteiger partial charge on any atom is 0.253 e. The van der Waals surface area contributed by atoms with Crippen molar-refractivity contribution in [1.82, 2.24) is 15.5 Å². The summed E-state index contributed by atoms with van der Waals surface area (Å²) in [6.07, 6.45) is 3.84. The lowest BCUT2D eigenvalue weighted by molar-refractivity contribution is -0.131. The van der Waals surface area contributed by atoms with Gasteiger partial charge in [0.2, 0.25) is 11.8 Å². The predicted octanol–water partition coefficient (Wildman–Crippen LogP) is 2.24. The van der Waals surface area contributed by atoms with Gasteiger partial charge in [-0.05, 0) is 62.3 Å². The van der Waals surface area contributed by atoms with Crippen LogP contribution in [0.25, 0.3) is 0 Å². The van der Waals surface area contributed by atoms with E-state index in [4.69, 9.17) is 16.3 Å².